The van der Waals surface area contributed by atoms with Crippen LogP contribution in [-0.4, -0.2) is 47.4 Å². The van der Waals surface area contributed by atoms with Gasteiger partial charge in [0.2, 0.25) is 0 Å². The van der Waals surface area contributed by atoms with Gasteiger partial charge in [-0.2, -0.15) is 9.97 Å². The summed E-state index contributed by atoms with van der Waals surface area (Å²) in [6.45, 7) is 1.55. The molecule has 1 aromatic heterocycles. The van der Waals surface area contributed by atoms with Crippen LogP contribution in [0.1, 0.15) is 24.8 Å². The summed E-state index contributed by atoms with van der Waals surface area (Å²) in [4.78, 5) is 11.1. The molecular weight excluding hydrogens is 462 g/mol. The number of anilines is 1. The number of terminal acetylenes is 1. The summed E-state index contributed by atoms with van der Waals surface area (Å²) in [5.41, 5.74) is 0.531. The molecule has 2 N–H and O–H groups in total. The molecule has 0 spiro atoms. The molecule has 3 heterocycles. The van der Waals surface area contributed by atoms with Crippen LogP contribution in [0.4, 0.5) is 14.6 Å². The summed E-state index contributed by atoms with van der Waals surface area (Å²) >= 11 is 0. The third-order valence-electron chi connectivity index (χ3n) is 7.26. The van der Waals surface area contributed by atoms with Gasteiger partial charge in [0.25, 0.3) is 0 Å². The number of phenolic OH excluding ortho intramolecular Hbond substituents is 1. The Balaban J connectivity index is 1.57. The molecule has 2 bridgehead atoms. The van der Waals surface area contributed by atoms with Crippen molar-refractivity contribution in [3.8, 4) is 35.2 Å². The van der Waals surface area contributed by atoms with Crippen LogP contribution >= 0.6 is 0 Å². The number of phenols is 1. The zero-order valence-corrected chi connectivity index (χ0v) is 19.7. The van der Waals surface area contributed by atoms with Crippen molar-refractivity contribution in [3.63, 3.8) is 0 Å². The Labute approximate surface area is 206 Å². The first-order chi connectivity index (χ1) is 17.5. The van der Waals surface area contributed by atoms with Crippen LogP contribution in [0.3, 0.4) is 0 Å². The number of aromatic hydroxyl groups is 1. The Morgan fingerprint density at radius 1 is 1.08 bits per heavy atom. The van der Waals surface area contributed by atoms with Crippen LogP contribution in [0.25, 0.3) is 32.8 Å². The van der Waals surface area contributed by atoms with Gasteiger partial charge in [0, 0.05) is 41.5 Å². The van der Waals surface area contributed by atoms with Crippen molar-refractivity contribution in [2.75, 3.05) is 25.1 Å². The first-order valence-corrected chi connectivity index (χ1v) is 11.9. The number of ether oxygens (including phenoxy) is 1. The number of fused-ring (bicyclic) bond motifs is 4. The highest BCUT2D eigenvalue weighted by Crippen LogP contribution is 2.40. The Hall–Kier alpha value is -3.96. The van der Waals surface area contributed by atoms with Gasteiger partial charge in [-0.15, -0.1) is 6.42 Å². The second kappa shape index (κ2) is 8.61. The average molecular weight is 487 g/mol. The maximum atomic E-state index is 16.2. The van der Waals surface area contributed by atoms with E-state index < -0.39 is 11.6 Å². The van der Waals surface area contributed by atoms with Crippen LogP contribution in [0.2, 0.25) is 0 Å². The maximum Gasteiger partial charge on any atom is 0.318 e. The van der Waals surface area contributed by atoms with Crippen LogP contribution < -0.4 is 15.0 Å². The van der Waals surface area contributed by atoms with E-state index in [0.717, 1.165) is 25.9 Å². The summed E-state index contributed by atoms with van der Waals surface area (Å²) in [5.74, 6) is 1.70. The van der Waals surface area contributed by atoms with E-state index in [2.05, 4.69) is 26.1 Å². The van der Waals surface area contributed by atoms with Gasteiger partial charge < -0.3 is 20.1 Å². The van der Waals surface area contributed by atoms with E-state index >= 15 is 4.39 Å². The normalized spacial score (nSPS) is 19.4. The van der Waals surface area contributed by atoms with Crippen LogP contribution in [0, 0.1) is 24.0 Å². The minimum Gasteiger partial charge on any atom is -0.508 e. The van der Waals surface area contributed by atoms with Gasteiger partial charge in [0.1, 0.15) is 22.9 Å². The number of rotatable bonds is 3. The topological polar surface area (TPSA) is 70.5 Å². The van der Waals surface area contributed by atoms with Crippen molar-refractivity contribution >= 4 is 27.5 Å². The van der Waals surface area contributed by atoms with Gasteiger partial charge >= 0.3 is 6.01 Å². The largest absolute Gasteiger partial charge is 0.508 e. The monoisotopic (exact) mass is 486 g/mol. The lowest BCUT2D eigenvalue weighted by molar-refractivity contribution is 0.381. The summed E-state index contributed by atoms with van der Waals surface area (Å²) in [6, 6.07) is 9.90. The minimum atomic E-state index is -0.622. The van der Waals surface area contributed by atoms with Gasteiger partial charge in [0.05, 0.1) is 12.7 Å². The number of hydrogen-bond acceptors (Lipinski definition) is 6. The fraction of sp³-hybridized carbons (Fsp3) is 0.286. The predicted molar refractivity (Wildman–Crippen MR) is 135 cm³/mol. The van der Waals surface area contributed by atoms with Gasteiger partial charge in [-0.3, -0.25) is 0 Å². The minimum absolute atomic E-state index is 0.00933. The highest BCUT2D eigenvalue weighted by molar-refractivity contribution is 6.04. The number of nitrogens with zero attached hydrogens (tertiary/aromatic N) is 3. The molecule has 2 saturated heterocycles. The molecule has 6 nitrogen and oxygen atoms in total. The number of hydrogen-bond donors (Lipinski definition) is 2. The maximum absolute atomic E-state index is 16.2. The number of halogens is 2. The molecule has 4 aromatic rings. The van der Waals surface area contributed by atoms with Gasteiger partial charge in [0.15, 0.2) is 5.82 Å². The van der Waals surface area contributed by atoms with Gasteiger partial charge in [-0.05, 0) is 54.5 Å². The molecule has 182 valence electrons. The molecule has 2 aliphatic rings. The SMILES string of the molecule is C#Cc1c(F)ccc2cc(O)cc(-c3ccc4c(N5CCC6CCC(C5)N6)nc(OC)nc4c3F)c12. The Morgan fingerprint density at radius 2 is 1.92 bits per heavy atom. The predicted octanol–water partition coefficient (Wildman–Crippen LogP) is 4.75. The fourth-order valence-electron chi connectivity index (χ4n) is 5.58. The molecule has 0 saturated carbocycles. The fourth-order valence-corrected chi connectivity index (χ4v) is 5.58. The first-order valence-electron chi connectivity index (χ1n) is 11.9. The number of aromatic nitrogens is 2. The van der Waals surface area contributed by atoms with Crippen molar-refractivity contribution in [2.45, 2.75) is 31.3 Å². The Kier molecular flexibility index (Phi) is 5.38. The zero-order chi connectivity index (χ0) is 25.0. The van der Waals surface area contributed by atoms with Gasteiger partial charge in [-0.1, -0.05) is 18.1 Å². The number of nitrogens with one attached hydrogen (secondary N) is 1. The van der Waals surface area contributed by atoms with Crippen molar-refractivity contribution in [3.05, 3.63) is 53.6 Å². The molecule has 36 heavy (non-hydrogen) atoms. The summed E-state index contributed by atoms with van der Waals surface area (Å²) in [7, 11) is 1.45. The highest BCUT2D eigenvalue weighted by Gasteiger charge is 2.31. The van der Waals surface area contributed by atoms with E-state index in [4.69, 9.17) is 11.2 Å². The van der Waals surface area contributed by atoms with E-state index in [1.807, 2.05) is 0 Å². The van der Waals surface area contributed by atoms with E-state index in [1.54, 1.807) is 12.1 Å². The van der Waals surface area contributed by atoms with E-state index in [0.29, 0.717) is 34.1 Å². The lowest BCUT2D eigenvalue weighted by Gasteiger charge is -2.26. The second-order valence-electron chi connectivity index (χ2n) is 9.39. The van der Waals surface area contributed by atoms with Crippen molar-refractivity contribution < 1.29 is 18.6 Å². The quantitative estimate of drug-likeness (QED) is 0.407. The molecular formula is C28H24F2N4O2. The lowest BCUT2D eigenvalue weighted by Crippen LogP contribution is -2.35. The summed E-state index contributed by atoms with van der Waals surface area (Å²) in [5, 5.41) is 15.4. The third-order valence-corrected chi connectivity index (χ3v) is 7.26. The molecule has 6 rings (SSSR count). The van der Waals surface area contributed by atoms with Gasteiger partial charge in [-0.25, -0.2) is 8.78 Å². The third kappa shape index (κ3) is 3.59. The average Bonchev–Trinajstić information content (AvgIpc) is 3.22. The molecule has 0 amide bonds. The molecule has 0 aliphatic carbocycles. The number of methoxy groups -OCH3 is 1. The molecule has 3 aromatic carbocycles. The first kappa shape index (κ1) is 22.5. The summed E-state index contributed by atoms with van der Waals surface area (Å²) < 4.78 is 36.2. The molecule has 2 aliphatic heterocycles. The Bertz CT molecular complexity index is 1570. The van der Waals surface area contributed by atoms with Crippen molar-refractivity contribution in [1.29, 1.82) is 0 Å². The number of benzene rings is 3. The molecule has 0 radical (unpaired) electrons. The van der Waals surface area contributed by atoms with Crippen LogP contribution in [-0.2, 0) is 0 Å². The zero-order valence-electron chi connectivity index (χ0n) is 19.7. The van der Waals surface area contributed by atoms with E-state index in [9.17, 15) is 9.50 Å². The standard InChI is InChI=1S/C28H24F2N4O2/c1-3-19-23(29)9-4-15-12-18(35)13-22(24(15)19)20-7-8-21-26(25(20)30)32-28(36-2)33-27(21)34-11-10-16-5-6-17(14-34)31-16/h1,4,7-9,12-13,16-17,31,35H,5-6,10-11,14H2,2H3. The van der Waals surface area contributed by atoms with E-state index in [-0.39, 0.29) is 34.0 Å². The smallest absolute Gasteiger partial charge is 0.318 e. The highest BCUT2D eigenvalue weighted by atomic mass is 19.1. The van der Waals surface area contributed by atoms with E-state index in [1.165, 1.54) is 37.8 Å². The molecule has 2 atom stereocenters. The molecule has 8 heteroatoms. The van der Waals surface area contributed by atoms with Crippen LogP contribution in [0.5, 0.6) is 11.8 Å². The lowest BCUT2D eigenvalue weighted by atomic mass is 9.93. The van der Waals surface area contributed by atoms with Crippen molar-refractivity contribution in [1.82, 2.24) is 15.3 Å². The summed E-state index contributed by atoms with van der Waals surface area (Å²) in [6.07, 6.45) is 8.85. The second-order valence-corrected chi connectivity index (χ2v) is 9.39. The van der Waals surface area contributed by atoms with Crippen LogP contribution in [0.15, 0.2) is 36.4 Å². The molecule has 2 unspecified atom stereocenters. The molecule has 2 fully saturated rings. The Morgan fingerprint density at radius 3 is 2.72 bits per heavy atom. The van der Waals surface area contributed by atoms with Crippen molar-refractivity contribution in [2.24, 2.45) is 0 Å².